The Labute approximate surface area is 85.0 Å². The Hall–Kier alpha value is -0.860. The molecule has 1 aromatic carbocycles. The lowest BCUT2D eigenvalue weighted by Gasteiger charge is -2.27. The second-order valence-electron chi connectivity index (χ2n) is 3.96. The zero-order valence-corrected chi connectivity index (χ0v) is 8.32. The zero-order valence-electron chi connectivity index (χ0n) is 8.32. The molecule has 1 saturated heterocycles. The summed E-state index contributed by atoms with van der Waals surface area (Å²) < 4.78 is 0. The topological polar surface area (TPSA) is 32.3 Å². The van der Waals surface area contributed by atoms with Crippen LogP contribution in [0.4, 0.5) is 0 Å². The van der Waals surface area contributed by atoms with Gasteiger partial charge < -0.3 is 10.4 Å². The lowest BCUT2D eigenvalue weighted by atomic mass is 9.89. The number of aliphatic hydroxyl groups excluding tert-OH is 1. The molecular weight excluding hydrogens is 174 g/mol. The fraction of sp³-hybridized carbons (Fsp3) is 0.500. The third kappa shape index (κ3) is 2.14. The van der Waals surface area contributed by atoms with Gasteiger partial charge in [-0.2, -0.15) is 0 Å². The van der Waals surface area contributed by atoms with Gasteiger partial charge in [-0.05, 0) is 24.9 Å². The lowest BCUT2D eigenvalue weighted by molar-refractivity contribution is 0.0922. The number of hydrogen-bond acceptors (Lipinski definition) is 2. The maximum Gasteiger partial charge on any atom is 0.0830 e. The molecule has 0 unspecified atom stereocenters. The average Bonchev–Trinajstić information content (AvgIpc) is 2.30. The molecule has 2 atom stereocenters. The summed E-state index contributed by atoms with van der Waals surface area (Å²) in [5, 5.41) is 13.4. The first-order valence-electron chi connectivity index (χ1n) is 5.31. The lowest BCUT2D eigenvalue weighted by Crippen LogP contribution is -2.33. The van der Waals surface area contributed by atoms with E-state index < -0.39 is 0 Å². The molecule has 1 fully saturated rings. The average molecular weight is 191 g/mol. The zero-order chi connectivity index (χ0) is 9.80. The number of benzene rings is 1. The molecule has 2 rings (SSSR count). The van der Waals surface area contributed by atoms with Crippen molar-refractivity contribution in [2.75, 3.05) is 13.1 Å². The molecule has 0 amide bonds. The van der Waals surface area contributed by atoms with Gasteiger partial charge in [0.25, 0.3) is 0 Å². The van der Waals surface area contributed by atoms with Crippen LogP contribution in [0.1, 0.15) is 24.5 Å². The van der Waals surface area contributed by atoms with Crippen molar-refractivity contribution in [2.24, 2.45) is 5.92 Å². The van der Waals surface area contributed by atoms with Gasteiger partial charge in [0.2, 0.25) is 0 Å². The van der Waals surface area contributed by atoms with Crippen molar-refractivity contribution in [1.29, 1.82) is 0 Å². The van der Waals surface area contributed by atoms with Crippen molar-refractivity contribution in [2.45, 2.75) is 18.9 Å². The van der Waals surface area contributed by atoms with Crippen LogP contribution >= 0.6 is 0 Å². The van der Waals surface area contributed by atoms with Crippen molar-refractivity contribution < 1.29 is 5.11 Å². The first kappa shape index (κ1) is 9.69. The highest BCUT2D eigenvalue weighted by Gasteiger charge is 2.22. The number of piperidine rings is 1. The van der Waals surface area contributed by atoms with E-state index in [1.165, 1.54) is 6.42 Å². The number of hydrogen-bond donors (Lipinski definition) is 2. The van der Waals surface area contributed by atoms with Crippen molar-refractivity contribution >= 4 is 0 Å². The van der Waals surface area contributed by atoms with Gasteiger partial charge in [-0.25, -0.2) is 0 Å². The molecule has 0 radical (unpaired) electrons. The molecular formula is C12H17NO. The van der Waals surface area contributed by atoms with Crippen molar-refractivity contribution in [3.63, 3.8) is 0 Å². The van der Waals surface area contributed by atoms with E-state index in [2.05, 4.69) is 5.32 Å². The predicted molar refractivity (Wildman–Crippen MR) is 57.0 cm³/mol. The smallest absolute Gasteiger partial charge is 0.0830 e. The fourth-order valence-corrected chi connectivity index (χ4v) is 2.07. The van der Waals surface area contributed by atoms with Gasteiger partial charge in [0.15, 0.2) is 0 Å². The Morgan fingerprint density at radius 1 is 1.29 bits per heavy atom. The summed E-state index contributed by atoms with van der Waals surface area (Å²) in [7, 11) is 0. The van der Waals surface area contributed by atoms with E-state index in [9.17, 15) is 5.11 Å². The third-order valence-corrected chi connectivity index (χ3v) is 2.92. The fourth-order valence-electron chi connectivity index (χ4n) is 2.07. The van der Waals surface area contributed by atoms with Crippen LogP contribution in [-0.2, 0) is 0 Å². The first-order valence-corrected chi connectivity index (χ1v) is 5.31. The van der Waals surface area contributed by atoms with Gasteiger partial charge in [0, 0.05) is 12.5 Å². The second-order valence-corrected chi connectivity index (χ2v) is 3.96. The summed E-state index contributed by atoms with van der Waals surface area (Å²) >= 11 is 0. The van der Waals surface area contributed by atoms with E-state index in [1.54, 1.807) is 0 Å². The summed E-state index contributed by atoms with van der Waals surface area (Å²) in [6, 6.07) is 9.94. The molecule has 0 saturated carbocycles. The molecule has 0 bridgehead atoms. The SMILES string of the molecule is O[C@@H](c1ccccc1)[C@H]1CCCNC1. The standard InChI is InChI=1S/C12H17NO/c14-12(10-5-2-1-3-6-10)11-7-4-8-13-9-11/h1-3,5-6,11-14H,4,7-9H2/t11-,12-/m0/s1. The Morgan fingerprint density at radius 2 is 2.07 bits per heavy atom. The highest BCUT2D eigenvalue weighted by atomic mass is 16.3. The summed E-state index contributed by atoms with van der Waals surface area (Å²) in [6.07, 6.45) is 2.00. The number of aliphatic hydroxyl groups is 1. The molecule has 14 heavy (non-hydrogen) atoms. The van der Waals surface area contributed by atoms with Crippen LogP contribution in [0.5, 0.6) is 0 Å². The van der Waals surface area contributed by atoms with E-state index >= 15 is 0 Å². The van der Waals surface area contributed by atoms with E-state index in [4.69, 9.17) is 0 Å². The number of nitrogens with one attached hydrogen (secondary N) is 1. The van der Waals surface area contributed by atoms with Crippen LogP contribution in [0.25, 0.3) is 0 Å². The van der Waals surface area contributed by atoms with Crippen LogP contribution < -0.4 is 5.32 Å². The largest absolute Gasteiger partial charge is 0.388 e. The van der Waals surface area contributed by atoms with Crippen molar-refractivity contribution in [1.82, 2.24) is 5.32 Å². The highest BCUT2D eigenvalue weighted by Crippen LogP contribution is 2.26. The molecule has 2 nitrogen and oxygen atoms in total. The van der Waals surface area contributed by atoms with Gasteiger partial charge >= 0.3 is 0 Å². The molecule has 2 N–H and O–H groups in total. The van der Waals surface area contributed by atoms with Crippen LogP contribution in [0.3, 0.4) is 0 Å². The minimum atomic E-state index is -0.302. The van der Waals surface area contributed by atoms with Crippen LogP contribution in [-0.4, -0.2) is 18.2 Å². The van der Waals surface area contributed by atoms with E-state index in [0.29, 0.717) is 5.92 Å². The van der Waals surface area contributed by atoms with E-state index in [-0.39, 0.29) is 6.10 Å². The maximum atomic E-state index is 10.1. The molecule has 0 aromatic heterocycles. The van der Waals surface area contributed by atoms with Crippen LogP contribution in [0.2, 0.25) is 0 Å². The quantitative estimate of drug-likeness (QED) is 0.746. The van der Waals surface area contributed by atoms with Gasteiger partial charge in [0.05, 0.1) is 6.10 Å². The minimum Gasteiger partial charge on any atom is -0.388 e. The maximum absolute atomic E-state index is 10.1. The molecule has 1 aliphatic rings. The molecule has 0 aliphatic carbocycles. The molecule has 2 heteroatoms. The van der Waals surface area contributed by atoms with Crippen LogP contribution in [0, 0.1) is 5.92 Å². The van der Waals surface area contributed by atoms with Crippen molar-refractivity contribution in [3.05, 3.63) is 35.9 Å². The molecule has 76 valence electrons. The minimum absolute atomic E-state index is 0.302. The first-order chi connectivity index (χ1) is 6.88. The molecule has 0 spiro atoms. The van der Waals surface area contributed by atoms with E-state index in [0.717, 1.165) is 25.1 Å². The second kappa shape index (κ2) is 4.58. The molecule has 1 heterocycles. The molecule has 1 aromatic rings. The summed E-state index contributed by atoms with van der Waals surface area (Å²) in [5.74, 6) is 0.381. The van der Waals surface area contributed by atoms with E-state index in [1.807, 2.05) is 30.3 Å². The third-order valence-electron chi connectivity index (χ3n) is 2.92. The summed E-state index contributed by atoms with van der Waals surface area (Å²) in [5.41, 5.74) is 1.04. The van der Waals surface area contributed by atoms with Gasteiger partial charge in [0.1, 0.15) is 0 Å². The molecule has 1 aliphatic heterocycles. The van der Waals surface area contributed by atoms with Crippen molar-refractivity contribution in [3.8, 4) is 0 Å². The Bertz CT molecular complexity index is 267. The summed E-state index contributed by atoms with van der Waals surface area (Å²) in [6.45, 7) is 2.04. The number of rotatable bonds is 2. The van der Waals surface area contributed by atoms with Gasteiger partial charge in [-0.15, -0.1) is 0 Å². The monoisotopic (exact) mass is 191 g/mol. The highest BCUT2D eigenvalue weighted by molar-refractivity contribution is 5.18. The predicted octanol–water partition coefficient (Wildman–Crippen LogP) is 1.72. The Morgan fingerprint density at radius 3 is 2.71 bits per heavy atom. The Kier molecular flexibility index (Phi) is 3.17. The van der Waals surface area contributed by atoms with Gasteiger partial charge in [-0.1, -0.05) is 30.3 Å². The van der Waals surface area contributed by atoms with Gasteiger partial charge in [-0.3, -0.25) is 0 Å². The summed E-state index contributed by atoms with van der Waals surface area (Å²) in [4.78, 5) is 0. The Balaban J connectivity index is 2.03. The van der Waals surface area contributed by atoms with Crippen LogP contribution in [0.15, 0.2) is 30.3 Å². The normalized spacial score (nSPS) is 24.5.